The largest absolute Gasteiger partial charge is 0.325 e. The minimum absolute atomic E-state index is 0.111. The molecule has 0 saturated heterocycles. The number of benzene rings is 2. The van der Waals surface area contributed by atoms with Gasteiger partial charge in [-0.25, -0.2) is 4.98 Å². The summed E-state index contributed by atoms with van der Waals surface area (Å²) < 4.78 is 3.32. The van der Waals surface area contributed by atoms with Gasteiger partial charge in [0.25, 0.3) is 5.56 Å². The molecule has 0 spiro atoms. The molecule has 1 amide bonds. The highest BCUT2D eigenvalue weighted by Crippen LogP contribution is 2.22. The highest BCUT2D eigenvalue weighted by molar-refractivity contribution is 7.99. The zero-order valence-corrected chi connectivity index (χ0v) is 19.9. The number of nitrogens with one attached hydrogen (secondary N) is 1. The van der Waals surface area contributed by atoms with Crippen molar-refractivity contribution in [3.05, 3.63) is 107 Å². The van der Waals surface area contributed by atoms with E-state index in [-0.39, 0.29) is 17.2 Å². The minimum Gasteiger partial charge on any atom is -0.325 e. The zero-order chi connectivity index (χ0) is 24.9. The number of nitrogens with zero attached hydrogens (tertiary/aromatic N) is 5. The van der Waals surface area contributed by atoms with E-state index in [0.717, 1.165) is 5.56 Å². The van der Waals surface area contributed by atoms with Crippen LogP contribution in [-0.4, -0.2) is 35.8 Å². The van der Waals surface area contributed by atoms with Crippen molar-refractivity contribution in [3.8, 4) is 11.8 Å². The van der Waals surface area contributed by atoms with Crippen molar-refractivity contribution in [3.63, 3.8) is 0 Å². The summed E-state index contributed by atoms with van der Waals surface area (Å²) in [6, 6.07) is 20.2. The molecular weight excluding hydrogens is 472 g/mol. The van der Waals surface area contributed by atoms with Crippen LogP contribution >= 0.6 is 11.8 Å². The maximum atomic E-state index is 12.9. The van der Waals surface area contributed by atoms with Gasteiger partial charge < -0.3 is 5.32 Å². The van der Waals surface area contributed by atoms with Gasteiger partial charge in [-0.1, -0.05) is 48.0 Å². The lowest BCUT2D eigenvalue weighted by Gasteiger charge is -2.09. The van der Waals surface area contributed by atoms with Crippen LogP contribution in [0.3, 0.4) is 0 Å². The second-order valence-corrected chi connectivity index (χ2v) is 8.66. The molecule has 2 aromatic carbocycles. The van der Waals surface area contributed by atoms with Gasteiger partial charge in [-0.05, 0) is 48.4 Å². The fraction of sp³-hybridized carbons (Fsp3) is 0.0741. The van der Waals surface area contributed by atoms with Crippen LogP contribution < -0.4 is 10.9 Å². The molecule has 0 aliphatic carbocycles. The van der Waals surface area contributed by atoms with Gasteiger partial charge in [0.15, 0.2) is 5.16 Å². The number of anilines is 1. The van der Waals surface area contributed by atoms with Crippen LogP contribution in [0.25, 0.3) is 16.7 Å². The molecule has 5 aromatic rings. The van der Waals surface area contributed by atoms with E-state index >= 15 is 0 Å². The van der Waals surface area contributed by atoms with Crippen molar-refractivity contribution in [1.29, 1.82) is 0 Å². The molecule has 0 unspecified atom stereocenters. The highest BCUT2D eigenvalue weighted by Gasteiger charge is 2.17. The molecule has 3 heterocycles. The Morgan fingerprint density at radius 3 is 2.75 bits per heavy atom. The van der Waals surface area contributed by atoms with E-state index in [4.69, 9.17) is 0 Å². The Labute approximate surface area is 210 Å². The number of hydrogen-bond acceptors (Lipinski definition) is 6. The molecule has 1 N–H and O–H groups in total. The maximum Gasteiger partial charge on any atom is 0.263 e. The molecule has 8 nitrogen and oxygen atoms in total. The number of para-hydroxylation sites is 1. The van der Waals surface area contributed by atoms with Gasteiger partial charge in [0.05, 0.1) is 16.7 Å². The average molecular weight is 493 g/mol. The highest BCUT2D eigenvalue weighted by atomic mass is 32.2. The SMILES string of the molecule is C=CCn1c(=O)c2ccccc2n2c(SCC(=O)Nc3cccc(C#Cc4ccccn4)c3)nnc12. The smallest absolute Gasteiger partial charge is 0.263 e. The number of aromatic nitrogens is 5. The molecule has 176 valence electrons. The molecular formula is C27H20N6O2S. The van der Waals surface area contributed by atoms with E-state index in [9.17, 15) is 9.59 Å². The van der Waals surface area contributed by atoms with E-state index in [1.807, 2.05) is 60.7 Å². The van der Waals surface area contributed by atoms with Crippen LogP contribution in [0.2, 0.25) is 0 Å². The first-order valence-corrected chi connectivity index (χ1v) is 12.1. The number of amides is 1. The van der Waals surface area contributed by atoms with Crippen LogP contribution in [0.5, 0.6) is 0 Å². The van der Waals surface area contributed by atoms with Crippen molar-refractivity contribution in [2.75, 3.05) is 11.1 Å². The van der Waals surface area contributed by atoms with Gasteiger partial charge in [-0.15, -0.1) is 16.8 Å². The van der Waals surface area contributed by atoms with E-state index in [1.54, 1.807) is 22.7 Å². The predicted molar refractivity (Wildman–Crippen MR) is 141 cm³/mol. The number of carbonyl (C=O) groups excluding carboxylic acids is 1. The molecule has 0 radical (unpaired) electrons. The number of thioether (sulfide) groups is 1. The number of hydrogen-bond donors (Lipinski definition) is 1. The van der Waals surface area contributed by atoms with Gasteiger partial charge >= 0.3 is 0 Å². The molecule has 0 saturated carbocycles. The van der Waals surface area contributed by atoms with Crippen molar-refractivity contribution in [1.82, 2.24) is 24.1 Å². The summed E-state index contributed by atoms with van der Waals surface area (Å²) in [7, 11) is 0. The molecule has 0 atom stereocenters. The Morgan fingerprint density at radius 1 is 1.06 bits per heavy atom. The first-order chi connectivity index (χ1) is 17.6. The number of allylic oxidation sites excluding steroid dienone is 1. The molecule has 0 aliphatic heterocycles. The van der Waals surface area contributed by atoms with Crippen LogP contribution in [-0.2, 0) is 11.3 Å². The molecule has 3 aromatic heterocycles. The maximum absolute atomic E-state index is 12.9. The first kappa shape index (κ1) is 23.1. The predicted octanol–water partition coefficient (Wildman–Crippen LogP) is 3.76. The van der Waals surface area contributed by atoms with E-state index in [1.165, 1.54) is 16.3 Å². The van der Waals surface area contributed by atoms with Gasteiger partial charge in [0.1, 0.15) is 5.69 Å². The Morgan fingerprint density at radius 2 is 1.92 bits per heavy atom. The second kappa shape index (κ2) is 10.3. The van der Waals surface area contributed by atoms with Gasteiger partial charge in [0.2, 0.25) is 11.7 Å². The third-order valence-electron chi connectivity index (χ3n) is 5.27. The fourth-order valence-corrected chi connectivity index (χ4v) is 4.44. The fourth-order valence-electron chi connectivity index (χ4n) is 3.70. The molecule has 0 bridgehead atoms. The van der Waals surface area contributed by atoms with Crippen molar-refractivity contribution < 1.29 is 4.79 Å². The number of rotatable bonds is 6. The molecule has 36 heavy (non-hydrogen) atoms. The lowest BCUT2D eigenvalue weighted by Crippen LogP contribution is -2.22. The molecule has 5 rings (SSSR count). The lowest BCUT2D eigenvalue weighted by molar-refractivity contribution is -0.113. The third-order valence-corrected chi connectivity index (χ3v) is 6.20. The summed E-state index contributed by atoms with van der Waals surface area (Å²) in [6.07, 6.45) is 3.33. The topological polar surface area (TPSA) is 94.2 Å². The number of fused-ring (bicyclic) bond motifs is 3. The van der Waals surface area contributed by atoms with E-state index < -0.39 is 0 Å². The van der Waals surface area contributed by atoms with Crippen LogP contribution in [0, 0.1) is 11.8 Å². The summed E-state index contributed by atoms with van der Waals surface area (Å²) in [5.74, 6) is 6.38. The molecule has 0 aliphatic rings. The summed E-state index contributed by atoms with van der Waals surface area (Å²) in [6.45, 7) is 4.04. The van der Waals surface area contributed by atoms with Gasteiger partial charge in [-0.2, -0.15) is 0 Å². The zero-order valence-electron chi connectivity index (χ0n) is 19.1. The van der Waals surface area contributed by atoms with Crippen molar-refractivity contribution >= 4 is 40.0 Å². The lowest BCUT2D eigenvalue weighted by atomic mass is 10.2. The summed E-state index contributed by atoms with van der Waals surface area (Å²) in [5.41, 5.74) is 2.61. The average Bonchev–Trinajstić information content (AvgIpc) is 3.33. The van der Waals surface area contributed by atoms with Gasteiger partial charge in [-0.3, -0.25) is 18.6 Å². The Kier molecular flexibility index (Phi) is 6.60. The third kappa shape index (κ3) is 4.76. The van der Waals surface area contributed by atoms with Crippen LogP contribution in [0.15, 0.2) is 95.5 Å². The summed E-state index contributed by atoms with van der Waals surface area (Å²) >= 11 is 1.24. The summed E-state index contributed by atoms with van der Waals surface area (Å²) in [5, 5.41) is 12.4. The monoisotopic (exact) mass is 492 g/mol. The Balaban J connectivity index is 1.35. The van der Waals surface area contributed by atoms with E-state index in [2.05, 4.69) is 38.9 Å². The number of carbonyl (C=O) groups is 1. The van der Waals surface area contributed by atoms with Crippen LogP contribution in [0.1, 0.15) is 11.3 Å². The first-order valence-electron chi connectivity index (χ1n) is 11.1. The second-order valence-electron chi connectivity index (χ2n) is 7.72. The van der Waals surface area contributed by atoms with Crippen LogP contribution in [0.4, 0.5) is 5.69 Å². The number of pyridine rings is 1. The normalized spacial score (nSPS) is 10.7. The summed E-state index contributed by atoms with van der Waals surface area (Å²) in [4.78, 5) is 29.8. The van der Waals surface area contributed by atoms with Crippen molar-refractivity contribution in [2.45, 2.75) is 11.7 Å². The standard InChI is InChI=1S/C27H20N6O2S/c1-2-16-32-25(35)22-11-3-4-12-23(22)33-26(32)30-31-27(33)36-18-24(34)29-21-10-7-8-19(17-21)13-14-20-9-5-6-15-28-20/h2-12,15,17H,1,16,18H2,(H,29,34). The molecule has 0 fully saturated rings. The Hall–Kier alpha value is -4.68. The van der Waals surface area contributed by atoms with Gasteiger partial charge in [0, 0.05) is 24.0 Å². The quantitative estimate of drug-likeness (QED) is 0.220. The Bertz CT molecular complexity index is 1710. The molecule has 9 heteroatoms. The minimum atomic E-state index is -0.199. The van der Waals surface area contributed by atoms with E-state index in [0.29, 0.717) is 39.8 Å². The van der Waals surface area contributed by atoms with Crippen molar-refractivity contribution in [2.24, 2.45) is 0 Å².